The van der Waals surface area contributed by atoms with E-state index in [1.807, 2.05) is 13.0 Å². The minimum Gasteiger partial charge on any atom is -0.340 e. The molecule has 0 fully saturated rings. The molecule has 0 saturated carbocycles. The quantitative estimate of drug-likeness (QED) is 0.659. The van der Waals surface area contributed by atoms with Crippen molar-refractivity contribution in [2.45, 2.75) is 19.1 Å². The van der Waals surface area contributed by atoms with Gasteiger partial charge in [-0.25, -0.2) is 0 Å². The Morgan fingerprint density at radius 2 is 1.80 bits per heavy atom. The SMILES string of the molecule is CC(c1cccc(C#N)c1)n1ccc2c(C(F)(F)F)c(C#N)ccc21. The Hall–Kier alpha value is -3.25. The fourth-order valence-electron chi connectivity index (χ4n) is 3.00. The number of alkyl halides is 3. The van der Waals surface area contributed by atoms with E-state index < -0.39 is 17.3 Å². The van der Waals surface area contributed by atoms with Crippen molar-refractivity contribution in [1.29, 1.82) is 10.5 Å². The molecule has 0 radical (unpaired) electrons. The molecule has 2 aromatic carbocycles. The summed E-state index contributed by atoms with van der Waals surface area (Å²) in [6, 6.07) is 14.5. The normalized spacial score (nSPS) is 12.6. The van der Waals surface area contributed by atoms with Crippen LogP contribution in [0.5, 0.6) is 0 Å². The zero-order valence-electron chi connectivity index (χ0n) is 13.2. The molecule has 3 aromatic rings. The summed E-state index contributed by atoms with van der Waals surface area (Å²) in [4.78, 5) is 0. The van der Waals surface area contributed by atoms with E-state index in [0.717, 1.165) is 5.56 Å². The predicted octanol–water partition coefficient (Wildman–Crippen LogP) is 5.01. The Labute approximate surface area is 142 Å². The number of nitrogens with zero attached hydrogens (tertiary/aromatic N) is 3. The number of benzene rings is 2. The molecule has 1 heterocycles. The molecule has 0 spiro atoms. The summed E-state index contributed by atoms with van der Waals surface area (Å²) in [7, 11) is 0. The summed E-state index contributed by atoms with van der Waals surface area (Å²) in [6.45, 7) is 1.85. The summed E-state index contributed by atoms with van der Waals surface area (Å²) >= 11 is 0. The molecule has 25 heavy (non-hydrogen) atoms. The second kappa shape index (κ2) is 5.99. The summed E-state index contributed by atoms with van der Waals surface area (Å²) in [5, 5.41) is 18.0. The molecular weight excluding hydrogens is 327 g/mol. The van der Waals surface area contributed by atoms with E-state index in [9.17, 15) is 13.2 Å². The van der Waals surface area contributed by atoms with Crippen molar-refractivity contribution in [3.05, 3.63) is 70.9 Å². The highest BCUT2D eigenvalue weighted by Gasteiger charge is 2.36. The van der Waals surface area contributed by atoms with Crippen LogP contribution in [0.15, 0.2) is 48.7 Å². The van der Waals surface area contributed by atoms with E-state index in [0.29, 0.717) is 11.1 Å². The number of fused-ring (bicyclic) bond motifs is 1. The van der Waals surface area contributed by atoms with Crippen molar-refractivity contribution in [1.82, 2.24) is 4.57 Å². The Bertz CT molecular complexity index is 1030. The van der Waals surface area contributed by atoms with Crippen molar-refractivity contribution >= 4 is 10.9 Å². The van der Waals surface area contributed by atoms with E-state index in [2.05, 4.69) is 6.07 Å². The van der Waals surface area contributed by atoms with Gasteiger partial charge >= 0.3 is 6.18 Å². The molecule has 0 bridgehead atoms. The maximum Gasteiger partial charge on any atom is 0.418 e. The van der Waals surface area contributed by atoms with E-state index in [4.69, 9.17) is 10.5 Å². The topological polar surface area (TPSA) is 52.5 Å². The smallest absolute Gasteiger partial charge is 0.340 e. The Kier molecular flexibility index (Phi) is 3.98. The van der Waals surface area contributed by atoms with E-state index in [-0.39, 0.29) is 11.4 Å². The van der Waals surface area contributed by atoms with Gasteiger partial charge in [-0.3, -0.25) is 0 Å². The van der Waals surface area contributed by atoms with Crippen LogP contribution in [0, 0.1) is 22.7 Å². The number of halogens is 3. The van der Waals surface area contributed by atoms with Gasteiger partial charge in [0.15, 0.2) is 0 Å². The lowest BCUT2D eigenvalue weighted by molar-refractivity contribution is -0.136. The highest BCUT2D eigenvalue weighted by molar-refractivity contribution is 5.86. The van der Waals surface area contributed by atoms with Crippen LogP contribution in [-0.4, -0.2) is 4.57 Å². The first-order valence-corrected chi connectivity index (χ1v) is 7.47. The summed E-state index contributed by atoms with van der Waals surface area (Å²) in [5.74, 6) is 0. The minimum atomic E-state index is -4.61. The van der Waals surface area contributed by atoms with Crippen molar-refractivity contribution in [3.8, 4) is 12.1 Å². The van der Waals surface area contributed by atoms with Crippen LogP contribution in [0.1, 0.15) is 35.2 Å². The largest absolute Gasteiger partial charge is 0.418 e. The lowest BCUT2D eigenvalue weighted by Crippen LogP contribution is -2.10. The first kappa shape index (κ1) is 16.6. The lowest BCUT2D eigenvalue weighted by atomic mass is 10.0. The molecule has 124 valence electrons. The molecule has 0 saturated heterocycles. The molecule has 1 atom stereocenters. The molecule has 0 aliphatic carbocycles. The van der Waals surface area contributed by atoms with Crippen LogP contribution < -0.4 is 0 Å². The molecule has 3 rings (SSSR count). The van der Waals surface area contributed by atoms with Crippen LogP contribution in [-0.2, 0) is 6.18 Å². The molecule has 3 nitrogen and oxygen atoms in total. The van der Waals surface area contributed by atoms with Crippen LogP contribution >= 0.6 is 0 Å². The van der Waals surface area contributed by atoms with Gasteiger partial charge in [-0.05, 0) is 42.8 Å². The van der Waals surface area contributed by atoms with E-state index >= 15 is 0 Å². The summed E-state index contributed by atoms with van der Waals surface area (Å²) < 4.78 is 41.9. The molecule has 0 aliphatic rings. The third kappa shape index (κ3) is 2.83. The molecule has 6 heteroatoms. The minimum absolute atomic E-state index is 0.00478. The zero-order valence-corrected chi connectivity index (χ0v) is 13.2. The van der Waals surface area contributed by atoms with Crippen LogP contribution in [0.2, 0.25) is 0 Å². The molecule has 0 amide bonds. The number of rotatable bonds is 2. The second-order valence-electron chi connectivity index (χ2n) is 5.67. The third-order valence-corrected chi connectivity index (χ3v) is 4.22. The van der Waals surface area contributed by atoms with Crippen molar-refractivity contribution < 1.29 is 13.2 Å². The van der Waals surface area contributed by atoms with Crippen molar-refractivity contribution in [3.63, 3.8) is 0 Å². The van der Waals surface area contributed by atoms with Crippen molar-refractivity contribution in [2.24, 2.45) is 0 Å². The predicted molar refractivity (Wildman–Crippen MR) is 86.6 cm³/mol. The second-order valence-corrected chi connectivity index (χ2v) is 5.67. The average Bonchev–Trinajstić information content (AvgIpc) is 3.03. The Morgan fingerprint density at radius 3 is 2.44 bits per heavy atom. The summed E-state index contributed by atoms with van der Waals surface area (Å²) in [5.41, 5.74) is 0.389. The molecule has 0 N–H and O–H groups in total. The average molecular weight is 339 g/mol. The first-order chi connectivity index (χ1) is 11.9. The summed E-state index contributed by atoms with van der Waals surface area (Å²) in [6.07, 6.45) is -3.04. The molecule has 1 unspecified atom stereocenters. The number of hydrogen-bond acceptors (Lipinski definition) is 2. The van der Waals surface area contributed by atoms with Gasteiger partial charge in [0.05, 0.1) is 34.9 Å². The molecule has 1 aromatic heterocycles. The zero-order chi connectivity index (χ0) is 18.2. The highest BCUT2D eigenvalue weighted by atomic mass is 19.4. The van der Waals surface area contributed by atoms with Gasteiger partial charge in [-0.15, -0.1) is 0 Å². The third-order valence-electron chi connectivity index (χ3n) is 4.22. The van der Waals surface area contributed by atoms with Gasteiger partial charge < -0.3 is 4.57 Å². The lowest BCUT2D eigenvalue weighted by Gasteiger charge is -2.17. The van der Waals surface area contributed by atoms with Gasteiger partial charge in [0.2, 0.25) is 0 Å². The number of aromatic nitrogens is 1. The monoisotopic (exact) mass is 339 g/mol. The van der Waals surface area contributed by atoms with Crippen LogP contribution in [0.25, 0.3) is 10.9 Å². The maximum absolute atomic E-state index is 13.4. The molecular formula is C19H12F3N3. The van der Waals surface area contributed by atoms with Gasteiger partial charge in [-0.2, -0.15) is 23.7 Å². The molecule has 0 aliphatic heterocycles. The Morgan fingerprint density at radius 1 is 1.04 bits per heavy atom. The van der Waals surface area contributed by atoms with E-state index in [1.165, 1.54) is 18.2 Å². The van der Waals surface area contributed by atoms with E-state index in [1.54, 1.807) is 35.0 Å². The van der Waals surface area contributed by atoms with Crippen LogP contribution in [0.3, 0.4) is 0 Å². The van der Waals surface area contributed by atoms with Crippen LogP contribution in [0.4, 0.5) is 13.2 Å². The van der Waals surface area contributed by atoms with Gasteiger partial charge in [-0.1, -0.05) is 12.1 Å². The highest BCUT2D eigenvalue weighted by Crippen LogP contribution is 2.38. The van der Waals surface area contributed by atoms with Gasteiger partial charge in [0, 0.05) is 17.1 Å². The number of hydrogen-bond donors (Lipinski definition) is 0. The first-order valence-electron chi connectivity index (χ1n) is 7.47. The Balaban J connectivity index is 2.19. The maximum atomic E-state index is 13.4. The van der Waals surface area contributed by atoms with Gasteiger partial charge in [0.25, 0.3) is 0 Å². The fraction of sp³-hybridized carbons (Fsp3) is 0.158. The standard InChI is InChI=1S/C19H12F3N3/c1-12(14-4-2-3-13(9-14)10-23)25-8-7-16-17(25)6-5-15(11-24)18(16)19(20,21)22/h2-9,12H,1H3. The number of nitriles is 2. The fourth-order valence-corrected chi connectivity index (χ4v) is 3.00. The van der Waals surface area contributed by atoms with Gasteiger partial charge in [0.1, 0.15) is 0 Å². The van der Waals surface area contributed by atoms with Crippen molar-refractivity contribution in [2.75, 3.05) is 0 Å².